The van der Waals surface area contributed by atoms with Gasteiger partial charge in [-0.15, -0.1) is 0 Å². The first kappa shape index (κ1) is 13.0. The molecule has 2 aromatic rings. The van der Waals surface area contributed by atoms with Crippen LogP contribution in [0.25, 0.3) is 0 Å². The average Bonchev–Trinajstić information content (AvgIpc) is 2.39. The van der Waals surface area contributed by atoms with Crippen LogP contribution in [0, 0.1) is 29.1 Å². The van der Waals surface area contributed by atoms with Crippen molar-refractivity contribution >= 4 is 17.3 Å². The van der Waals surface area contributed by atoms with Gasteiger partial charge in [0.1, 0.15) is 23.7 Å². The topological polar surface area (TPSA) is 63.8 Å². The summed E-state index contributed by atoms with van der Waals surface area (Å²) in [5.74, 6) is -10.6. The van der Waals surface area contributed by atoms with Crippen molar-refractivity contribution in [2.24, 2.45) is 0 Å². The highest BCUT2D eigenvalue weighted by Gasteiger charge is 2.26. The van der Waals surface area contributed by atoms with Gasteiger partial charge in [0.15, 0.2) is 23.3 Å². The molecule has 9 heteroatoms. The Morgan fingerprint density at radius 2 is 1.37 bits per heavy atom. The molecule has 0 bridgehead atoms. The Morgan fingerprint density at radius 1 is 0.842 bits per heavy atom. The van der Waals surface area contributed by atoms with Crippen LogP contribution in [0.3, 0.4) is 0 Å². The first-order valence-corrected chi connectivity index (χ1v) is 4.77. The minimum atomic E-state index is -2.23. The molecule has 1 heterocycles. The van der Waals surface area contributed by atoms with Gasteiger partial charge in [0.25, 0.3) is 0 Å². The van der Waals surface area contributed by atoms with Crippen LogP contribution in [0.4, 0.5) is 39.3 Å². The van der Waals surface area contributed by atoms with E-state index < -0.39 is 34.8 Å². The predicted molar refractivity (Wildman–Crippen MR) is 56.0 cm³/mol. The molecule has 0 atom stereocenters. The zero-order valence-electron chi connectivity index (χ0n) is 9.02. The van der Waals surface area contributed by atoms with E-state index in [1.807, 2.05) is 5.32 Å². The molecule has 0 amide bonds. The molecular formula is C10H5F5N4. The summed E-state index contributed by atoms with van der Waals surface area (Å²) in [7, 11) is 0. The Balaban J connectivity index is 2.52. The van der Waals surface area contributed by atoms with Crippen LogP contribution >= 0.6 is 0 Å². The van der Waals surface area contributed by atoms with E-state index >= 15 is 0 Å². The molecule has 3 N–H and O–H groups in total. The van der Waals surface area contributed by atoms with Crippen LogP contribution in [0.2, 0.25) is 0 Å². The Labute approximate surface area is 103 Å². The van der Waals surface area contributed by atoms with E-state index in [2.05, 4.69) is 9.97 Å². The maximum Gasteiger partial charge on any atom is 0.200 e. The Hall–Kier alpha value is -2.45. The summed E-state index contributed by atoms with van der Waals surface area (Å²) in [6.07, 6.45) is 0.962. The number of nitrogen functional groups attached to an aromatic ring is 1. The highest BCUT2D eigenvalue weighted by atomic mass is 19.2. The molecule has 0 unspecified atom stereocenters. The molecule has 0 aliphatic heterocycles. The minimum absolute atomic E-state index is 0.0404. The zero-order chi connectivity index (χ0) is 14.2. The largest absolute Gasteiger partial charge is 0.384 e. The number of halogens is 5. The Morgan fingerprint density at radius 3 is 1.89 bits per heavy atom. The first-order valence-electron chi connectivity index (χ1n) is 4.77. The van der Waals surface area contributed by atoms with Crippen molar-refractivity contribution in [3.63, 3.8) is 0 Å². The van der Waals surface area contributed by atoms with Gasteiger partial charge in [-0.2, -0.15) is 0 Å². The van der Waals surface area contributed by atoms with Crippen molar-refractivity contribution in [3.05, 3.63) is 41.5 Å². The predicted octanol–water partition coefficient (Wildman–Crippen LogP) is 2.50. The van der Waals surface area contributed by atoms with Crippen molar-refractivity contribution in [3.8, 4) is 0 Å². The van der Waals surface area contributed by atoms with E-state index in [0.717, 1.165) is 12.4 Å². The van der Waals surface area contributed by atoms with Crippen molar-refractivity contribution in [2.45, 2.75) is 0 Å². The molecule has 0 saturated carbocycles. The van der Waals surface area contributed by atoms with E-state index in [9.17, 15) is 22.0 Å². The summed E-state index contributed by atoms with van der Waals surface area (Å²) in [6, 6.07) is 1.07. The summed E-state index contributed by atoms with van der Waals surface area (Å²) < 4.78 is 65.3. The molecule has 0 aliphatic rings. The summed E-state index contributed by atoms with van der Waals surface area (Å²) in [6.45, 7) is 0. The second-order valence-electron chi connectivity index (χ2n) is 3.40. The lowest BCUT2D eigenvalue weighted by atomic mass is 10.2. The second kappa shape index (κ2) is 4.67. The van der Waals surface area contributed by atoms with E-state index in [-0.39, 0.29) is 11.6 Å². The molecule has 2 rings (SSSR count). The average molecular weight is 276 g/mol. The number of nitrogens with two attached hydrogens (primary N) is 1. The molecule has 0 saturated heterocycles. The summed E-state index contributed by atoms with van der Waals surface area (Å²) in [5, 5.41) is 1.96. The third-order valence-corrected chi connectivity index (χ3v) is 2.15. The molecular weight excluding hydrogens is 271 g/mol. The molecule has 0 radical (unpaired) electrons. The second-order valence-corrected chi connectivity index (χ2v) is 3.40. The lowest BCUT2D eigenvalue weighted by Gasteiger charge is -2.10. The van der Waals surface area contributed by atoms with Gasteiger partial charge < -0.3 is 11.1 Å². The molecule has 0 fully saturated rings. The van der Waals surface area contributed by atoms with Crippen molar-refractivity contribution in [2.75, 3.05) is 11.1 Å². The number of aromatic nitrogens is 2. The number of hydrogen-bond donors (Lipinski definition) is 2. The van der Waals surface area contributed by atoms with Crippen LogP contribution in [0.5, 0.6) is 0 Å². The third kappa shape index (κ3) is 2.26. The summed E-state index contributed by atoms with van der Waals surface area (Å²) in [4.78, 5) is 7.03. The van der Waals surface area contributed by atoms with Gasteiger partial charge in [-0.05, 0) is 0 Å². The SMILES string of the molecule is Nc1cc(Nc2c(F)c(F)c(F)c(F)c2F)ncn1. The lowest BCUT2D eigenvalue weighted by molar-refractivity contribution is 0.382. The van der Waals surface area contributed by atoms with Gasteiger partial charge in [0.05, 0.1) is 0 Å². The van der Waals surface area contributed by atoms with Gasteiger partial charge >= 0.3 is 0 Å². The standard InChI is InChI=1S/C10H5F5N4/c11-5-6(12)8(14)10(9(15)7(5)13)19-4-1-3(16)17-2-18-4/h1-2H,(H3,16,17,18,19). The van der Waals surface area contributed by atoms with Gasteiger partial charge in [0, 0.05) is 6.07 Å². The normalized spacial score (nSPS) is 10.6. The monoisotopic (exact) mass is 276 g/mol. The van der Waals surface area contributed by atoms with Gasteiger partial charge in [-0.1, -0.05) is 0 Å². The minimum Gasteiger partial charge on any atom is -0.384 e. The van der Waals surface area contributed by atoms with E-state index in [1.165, 1.54) is 0 Å². The summed E-state index contributed by atoms with van der Waals surface area (Å²) >= 11 is 0. The van der Waals surface area contributed by atoms with Crippen molar-refractivity contribution < 1.29 is 22.0 Å². The molecule has 100 valence electrons. The first-order chi connectivity index (χ1) is 8.91. The number of benzene rings is 1. The fraction of sp³-hybridized carbons (Fsp3) is 0. The van der Waals surface area contributed by atoms with E-state index in [1.54, 1.807) is 0 Å². The highest BCUT2D eigenvalue weighted by Crippen LogP contribution is 2.29. The molecule has 4 nitrogen and oxygen atoms in total. The smallest absolute Gasteiger partial charge is 0.200 e. The number of anilines is 3. The number of rotatable bonds is 2. The van der Waals surface area contributed by atoms with Gasteiger partial charge in [0.2, 0.25) is 5.82 Å². The van der Waals surface area contributed by atoms with Crippen LogP contribution in [0.15, 0.2) is 12.4 Å². The van der Waals surface area contributed by atoms with Crippen LogP contribution in [0.1, 0.15) is 0 Å². The molecule has 1 aromatic heterocycles. The van der Waals surface area contributed by atoms with E-state index in [0.29, 0.717) is 0 Å². The van der Waals surface area contributed by atoms with Gasteiger partial charge in [-0.3, -0.25) is 0 Å². The molecule has 19 heavy (non-hydrogen) atoms. The quantitative estimate of drug-likeness (QED) is 0.502. The Bertz CT molecular complexity index is 617. The van der Waals surface area contributed by atoms with Crippen LogP contribution in [-0.4, -0.2) is 9.97 Å². The number of hydrogen-bond acceptors (Lipinski definition) is 4. The zero-order valence-corrected chi connectivity index (χ0v) is 9.02. The highest BCUT2D eigenvalue weighted by molar-refractivity contribution is 5.59. The summed E-state index contributed by atoms with van der Waals surface area (Å²) in [5.41, 5.74) is 4.07. The molecule has 0 aliphatic carbocycles. The Kier molecular flexibility index (Phi) is 3.19. The van der Waals surface area contributed by atoms with Crippen molar-refractivity contribution in [1.29, 1.82) is 0 Å². The fourth-order valence-electron chi connectivity index (χ4n) is 1.28. The maximum absolute atomic E-state index is 13.3. The van der Waals surface area contributed by atoms with Gasteiger partial charge in [-0.25, -0.2) is 31.9 Å². The van der Waals surface area contributed by atoms with Crippen LogP contribution in [-0.2, 0) is 0 Å². The van der Waals surface area contributed by atoms with Crippen LogP contribution < -0.4 is 11.1 Å². The van der Waals surface area contributed by atoms with E-state index in [4.69, 9.17) is 5.73 Å². The maximum atomic E-state index is 13.3. The lowest BCUT2D eigenvalue weighted by Crippen LogP contribution is -2.08. The molecule has 0 spiro atoms. The fourth-order valence-corrected chi connectivity index (χ4v) is 1.28. The number of nitrogens with zero attached hydrogens (tertiary/aromatic N) is 2. The third-order valence-electron chi connectivity index (χ3n) is 2.15. The van der Waals surface area contributed by atoms with Crippen molar-refractivity contribution in [1.82, 2.24) is 9.97 Å². The molecule has 1 aromatic carbocycles. The number of nitrogens with one attached hydrogen (secondary N) is 1.